The summed E-state index contributed by atoms with van der Waals surface area (Å²) in [5.74, 6) is 1.90. The highest BCUT2D eigenvalue weighted by Crippen LogP contribution is 2.35. The molecule has 0 saturated carbocycles. The minimum Gasteiger partial charge on any atom is -0.493 e. The molecule has 2 amide bonds. The van der Waals surface area contributed by atoms with E-state index in [1.165, 1.54) is 0 Å². The van der Waals surface area contributed by atoms with E-state index in [2.05, 4.69) is 5.32 Å². The fraction of sp³-hybridized carbons (Fsp3) is 0.316. The summed E-state index contributed by atoms with van der Waals surface area (Å²) < 4.78 is 16.4. The molecule has 1 aliphatic rings. The third-order valence-corrected chi connectivity index (χ3v) is 4.17. The number of urea groups is 1. The van der Waals surface area contributed by atoms with E-state index in [1.54, 1.807) is 37.3 Å². The molecule has 25 heavy (non-hydrogen) atoms. The Morgan fingerprint density at radius 2 is 1.96 bits per heavy atom. The van der Waals surface area contributed by atoms with Gasteiger partial charge in [-0.05, 0) is 30.7 Å². The van der Waals surface area contributed by atoms with Crippen LogP contribution in [0, 0.1) is 0 Å². The molecule has 1 aliphatic heterocycles. The maximum absolute atomic E-state index is 12.8. The minimum atomic E-state index is -0.207. The number of amides is 2. The molecule has 1 atom stereocenters. The Hall–Kier alpha value is -2.89. The monoisotopic (exact) mass is 342 g/mol. The Balaban J connectivity index is 1.83. The van der Waals surface area contributed by atoms with Gasteiger partial charge in [-0.1, -0.05) is 19.1 Å². The number of fused-ring (bicyclic) bond motifs is 1. The molecule has 0 spiro atoms. The molecule has 3 rings (SSSR count). The van der Waals surface area contributed by atoms with Gasteiger partial charge in [-0.2, -0.15) is 0 Å². The molecule has 6 nitrogen and oxygen atoms in total. The molecule has 2 aromatic rings. The first kappa shape index (κ1) is 17.0. The maximum Gasteiger partial charge on any atom is 0.326 e. The van der Waals surface area contributed by atoms with E-state index >= 15 is 0 Å². The van der Waals surface area contributed by atoms with E-state index < -0.39 is 0 Å². The molecule has 0 unspecified atom stereocenters. The Kier molecular flexibility index (Phi) is 4.97. The molecular weight excluding hydrogens is 320 g/mol. The number of hydrogen-bond acceptors (Lipinski definition) is 4. The summed E-state index contributed by atoms with van der Waals surface area (Å²) in [6.07, 6.45) is 0.806. The minimum absolute atomic E-state index is 0.0222. The van der Waals surface area contributed by atoms with Crippen molar-refractivity contribution in [2.75, 3.05) is 31.0 Å². The number of carbonyl (C=O) groups is 1. The van der Waals surface area contributed by atoms with Crippen LogP contribution >= 0.6 is 0 Å². The number of methoxy groups -OCH3 is 2. The van der Waals surface area contributed by atoms with Crippen LogP contribution in [0.25, 0.3) is 0 Å². The second-order valence-electron chi connectivity index (χ2n) is 5.73. The highest BCUT2D eigenvalue weighted by Gasteiger charge is 2.28. The van der Waals surface area contributed by atoms with Gasteiger partial charge in [0.05, 0.1) is 26.5 Å². The zero-order valence-corrected chi connectivity index (χ0v) is 14.6. The average molecular weight is 342 g/mol. The van der Waals surface area contributed by atoms with Gasteiger partial charge in [-0.25, -0.2) is 4.79 Å². The lowest BCUT2D eigenvalue weighted by Crippen LogP contribution is -2.45. The molecule has 0 aromatic heterocycles. The number of nitrogens with zero attached hydrogens (tertiary/aromatic N) is 1. The normalized spacial score (nSPS) is 15.8. The standard InChI is InChI=1S/C19H22N2O4/c1-4-14-12-21(15-7-5-6-8-16(15)25-14)19(22)20-13-9-10-17(23-2)18(11-13)24-3/h5-11,14H,4,12H2,1-3H3,(H,20,22)/t14-/m0/s1. The number of para-hydroxylation sites is 2. The Morgan fingerprint density at radius 3 is 2.68 bits per heavy atom. The summed E-state index contributed by atoms with van der Waals surface area (Å²) in [6, 6.07) is 12.6. The van der Waals surface area contributed by atoms with E-state index in [0.717, 1.165) is 17.9 Å². The molecular formula is C19H22N2O4. The number of carbonyl (C=O) groups excluding carboxylic acids is 1. The molecule has 1 N–H and O–H groups in total. The first-order chi connectivity index (χ1) is 12.2. The van der Waals surface area contributed by atoms with Crippen LogP contribution in [-0.2, 0) is 0 Å². The predicted molar refractivity (Wildman–Crippen MR) is 97.1 cm³/mol. The Morgan fingerprint density at radius 1 is 1.20 bits per heavy atom. The molecule has 0 aliphatic carbocycles. The maximum atomic E-state index is 12.8. The molecule has 0 fully saturated rings. The molecule has 0 saturated heterocycles. The van der Waals surface area contributed by atoms with Crippen LogP contribution < -0.4 is 24.4 Å². The first-order valence-corrected chi connectivity index (χ1v) is 8.22. The summed E-state index contributed by atoms with van der Waals surface area (Å²) >= 11 is 0. The highest BCUT2D eigenvalue weighted by molar-refractivity contribution is 6.03. The van der Waals surface area contributed by atoms with Crippen molar-refractivity contribution in [3.63, 3.8) is 0 Å². The van der Waals surface area contributed by atoms with Crippen molar-refractivity contribution in [3.05, 3.63) is 42.5 Å². The average Bonchev–Trinajstić information content (AvgIpc) is 2.66. The summed E-state index contributed by atoms with van der Waals surface area (Å²) in [5, 5.41) is 2.92. The van der Waals surface area contributed by atoms with Gasteiger partial charge in [0.15, 0.2) is 11.5 Å². The van der Waals surface area contributed by atoms with Gasteiger partial charge in [0.2, 0.25) is 0 Å². The third-order valence-electron chi connectivity index (χ3n) is 4.17. The molecule has 132 valence electrons. The van der Waals surface area contributed by atoms with Crippen molar-refractivity contribution < 1.29 is 19.0 Å². The van der Waals surface area contributed by atoms with Gasteiger partial charge in [0, 0.05) is 11.8 Å². The van der Waals surface area contributed by atoms with Gasteiger partial charge < -0.3 is 19.5 Å². The summed E-state index contributed by atoms with van der Waals surface area (Å²) in [7, 11) is 3.14. The number of benzene rings is 2. The van der Waals surface area contributed by atoms with E-state index in [1.807, 2.05) is 31.2 Å². The number of rotatable bonds is 4. The van der Waals surface area contributed by atoms with Gasteiger partial charge >= 0.3 is 6.03 Å². The van der Waals surface area contributed by atoms with Crippen LogP contribution in [-0.4, -0.2) is 32.9 Å². The van der Waals surface area contributed by atoms with Crippen LogP contribution in [0.15, 0.2) is 42.5 Å². The zero-order valence-electron chi connectivity index (χ0n) is 14.6. The number of anilines is 2. The molecule has 0 radical (unpaired) electrons. The molecule has 1 heterocycles. The third kappa shape index (κ3) is 3.47. The smallest absolute Gasteiger partial charge is 0.326 e. The van der Waals surface area contributed by atoms with Crippen molar-refractivity contribution >= 4 is 17.4 Å². The lowest BCUT2D eigenvalue weighted by molar-refractivity contribution is 0.188. The van der Waals surface area contributed by atoms with E-state index in [9.17, 15) is 4.79 Å². The van der Waals surface area contributed by atoms with Gasteiger partial charge in [0.25, 0.3) is 0 Å². The molecule has 2 aromatic carbocycles. The summed E-state index contributed by atoms with van der Waals surface area (Å²) in [5.41, 5.74) is 1.41. The SMILES string of the molecule is CC[C@H]1CN(C(=O)Nc2ccc(OC)c(OC)c2)c2ccccc2O1. The Labute approximate surface area is 147 Å². The fourth-order valence-electron chi connectivity index (χ4n) is 2.81. The first-order valence-electron chi connectivity index (χ1n) is 8.22. The van der Waals surface area contributed by atoms with E-state index in [4.69, 9.17) is 14.2 Å². The van der Waals surface area contributed by atoms with Gasteiger partial charge in [-0.15, -0.1) is 0 Å². The van der Waals surface area contributed by atoms with Gasteiger partial charge in [-0.3, -0.25) is 4.90 Å². The van der Waals surface area contributed by atoms with Crippen LogP contribution in [0.1, 0.15) is 13.3 Å². The number of hydrogen-bond donors (Lipinski definition) is 1. The van der Waals surface area contributed by atoms with Crippen LogP contribution in [0.2, 0.25) is 0 Å². The van der Waals surface area contributed by atoms with Crippen LogP contribution in [0.4, 0.5) is 16.2 Å². The quantitative estimate of drug-likeness (QED) is 0.915. The van der Waals surface area contributed by atoms with Crippen molar-refractivity contribution in [3.8, 4) is 17.2 Å². The van der Waals surface area contributed by atoms with Crippen molar-refractivity contribution in [1.82, 2.24) is 0 Å². The lowest BCUT2D eigenvalue weighted by Gasteiger charge is -2.34. The predicted octanol–water partition coefficient (Wildman–Crippen LogP) is 3.91. The number of nitrogens with one attached hydrogen (secondary N) is 1. The van der Waals surface area contributed by atoms with Crippen molar-refractivity contribution in [2.45, 2.75) is 19.4 Å². The highest BCUT2D eigenvalue weighted by atomic mass is 16.5. The van der Waals surface area contributed by atoms with Crippen molar-refractivity contribution in [2.24, 2.45) is 0 Å². The lowest BCUT2D eigenvalue weighted by atomic mass is 10.1. The zero-order chi connectivity index (χ0) is 17.8. The van der Waals surface area contributed by atoms with Crippen LogP contribution in [0.5, 0.6) is 17.2 Å². The van der Waals surface area contributed by atoms with Gasteiger partial charge in [0.1, 0.15) is 11.9 Å². The molecule has 0 bridgehead atoms. The Bertz CT molecular complexity index is 763. The van der Waals surface area contributed by atoms with Crippen molar-refractivity contribution in [1.29, 1.82) is 0 Å². The topological polar surface area (TPSA) is 60.0 Å². The number of ether oxygens (including phenoxy) is 3. The fourth-order valence-corrected chi connectivity index (χ4v) is 2.81. The summed E-state index contributed by atoms with van der Waals surface area (Å²) in [6.45, 7) is 2.55. The van der Waals surface area contributed by atoms with Crippen LogP contribution in [0.3, 0.4) is 0 Å². The molecule has 6 heteroatoms. The van der Waals surface area contributed by atoms with E-state index in [0.29, 0.717) is 23.7 Å². The second-order valence-corrected chi connectivity index (χ2v) is 5.73. The largest absolute Gasteiger partial charge is 0.493 e. The summed E-state index contributed by atoms with van der Waals surface area (Å²) in [4.78, 5) is 14.5. The second kappa shape index (κ2) is 7.34. The van der Waals surface area contributed by atoms with E-state index in [-0.39, 0.29) is 12.1 Å².